The van der Waals surface area contributed by atoms with Crippen molar-refractivity contribution in [3.63, 3.8) is 0 Å². The molecule has 0 saturated carbocycles. The van der Waals surface area contributed by atoms with Crippen molar-refractivity contribution in [1.29, 1.82) is 0 Å². The fourth-order valence-corrected chi connectivity index (χ4v) is 2.60. The van der Waals surface area contributed by atoms with E-state index in [4.69, 9.17) is 0 Å². The zero-order chi connectivity index (χ0) is 14.8. The Morgan fingerprint density at radius 1 is 1.19 bits per heavy atom. The van der Waals surface area contributed by atoms with E-state index in [0.29, 0.717) is 0 Å². The third-order valence-corrected chi connectivity index (χ3v) is 4.11. The van der Waals surface area contributed by atoms with Crippen LogP contribution in [0, 0.1) is 13.8 Å². The molecule has 3 aromatic rings. The van der Waals surface area contributed by atoms with E-state index in [0.717, 1.165) is 31.0 Å². The van der Waals surface area contributed by atoms with Gasteiger partial charge in [-0.2, -0.15) is 0 Å². The summed E-state index contributed by atoms with van der Waals surface area (Å²) in [5.74, 6) is 0.999. The first kappa shape index (κ1) is 13.8. The van der Waals surface area contributed by atoms with Gasteiger partial charge in [-0.05, 0) is 37.6 Å². The van der Waals surface area contributed by atoms with Crippen molar-refractivity contribution in [2.75, 3.05) is 6.54 Å². The lowest BCUT2D eigenvalue weighted by atomic mass is 10.2. The lowest BCUT2D eigenvalue weighted by molar-refractivity contribution is 0.663. The smallest absolute Gasteiger partial charge is 0.160 e. The molecule has 21 heavy (non-hydrogen) atoms. The Morgan fingerprint density at radius 2 is 2.05 bits per heavy atom. The molecule has 0 radical (unpaired) electrons. The summed E-state index contributed by atoms with van der Waals surface area (Å²) in [6.07, 6.45) is 2.88. The highest BCUT2D eigenvalue weighted by Crippen LogP contribution is 2.12. The molecule has 0 fully saturated rings. The average molecular weight is 283 g/mol. The van der Waals surface area contributed by atoms with E-state index < -0.39 is 0 Å². The minimum atomic E-state index is 0.871. The van der Waals surface area contributed by atoms with Gasteiger partial charge in [-0.1, -0.05) is 6.07 Å². The molecule has 3 rings (SSSR count). The Hall–Kier alpha value is -2.14. The maximum Gasteiger partial charge on any atom is 0.160 e. The molecule has 0 aliphatic rings. The van der Waals surface area contributed by atoms with Gasteiger partial charge in [0.05, 0.1) is 0 Å². The number of pyridine rings is 1. The van der Waals surface area contributed by atoms with Crippen LogP contribution in [0.3, 0.4) is 0 Å². The minimum Gasteiger partial charge on any atom is -0.352 e. The molecule has 0 atom stereocenters. The van der Waals surface area contributed by atoms with Crippen LogP contribution in [0.4, 0.5) is 0 Å². The van der Waals surface area contributed by atoms with Gasteiger partial charge in [-0.3, -0.25) is 4.40 Å². The van der Waals surface area contributed by atoms with Gasteiger partial charge in [0.25, 0.3) is 0 Å². The highest BCUT2D eigenvalue weighted by Gasteiger charge is 2.06. The molecule has 0 saturated heterocycles. The van der Waals surface area contributed by atoms with Gasteiger partial charge in [0.1, 0.15) is 5.82 Å². The monoisotopic (exact) mass is 283 g/mol. The highest BCUT2D eigenvalue weighted by atomic mass is 15.2. The summed E-state index contributed by atoms with van der Waals surface area (Å²) in [5.41, 5.74) is 4.89. The Morgan fingerprint density at radius 3 is 2.81 bits per heavy atom. The summed E-state index contributed by atoms with van der Waals surface area (Å²) in [4.78, 5) is 0. The summed E-state index contributed by atoms with van der Waals surface area (Å²) in [6, 6.07) is 8.20. The third kappa shape index (κ3) is 2.69. The number of rotatable bonds is 5. The molecule has 1 N–H and O–H groups in total. The molecule has 3 aromatic heterocycles. The number of aromatic nitrogens is 4. The summed E-state index contributed by atoms with van der Waals surface area (Å²) < 4.78 is 4.27. The third-order valence-electron chi connectivity index (χ3n) is 4.11. The first-order valence-electron chi connectivity index (χ1n) is 7.28. The first-order valence-corrected chi connectivity index (χ1v) is 7.28. The SMILES string of the molecule is Cc1cc(CNCCc2nnc3ccccn23)c(C)n1C. The van der Waals surface area contributed by atoms with Crippen molar-refractivity contribution >= 4 is 5.65 Å². The Bertz CT molecular complexity index is 753. The van der Waals surface area contributed by atoms with Crippen LogP contribution in [0.15, 0.2) is 30.5 Å². The molecular formula is C16H21N5. The molecule has 0 unspecified atom stereocenters. The van der Waals surface area contributed by atoms with Gasteiger partial charge in [0.15, 0.2) is 5.65 Å². The molecule has 5 heteroatoms. The standard InChI is InChI=1S/C16H21N5/c1-12-10-14(13(2)20(12)3)11-17-8-7-16-19-18-15-6-4-5-9-21(15)16/h4-6,9-10,17H,7-8,11H2,1-3H3. The Kier molecular flexibility index (Phi) is 3.75. The topological polar surface area (TPSA) is 47.1 Å². The van der Waals surface area contributed by atoms with Crippen LogP contribution in [0.2, 0.25) is 0 Å². The van der Waals surface area contributed by atoms with Crippen LogP contribution >= 0.6 is 0 Å². The number of nitrogens with zero attached hydrogens (tertiary/aromatic N) is 4. The van der Waals surface area contributed by atoms with Crippen LogP contribution in [-0.2, 0) is 20.0 Å². The quantitative estimate of drug-likeness (QED) is 0.729. The van der Waals surface area contributed by atoms with Crippen LogP contribution in [0.5, 0.6) is 0 Å². The van der Waals surface area contributed by atoms with Crippen molar-refractivity contribution in [3.05, 3.63) is 53.2 Å². The van der Waals surface area contributed by atoms with Crippen molar-refractivity contribution < 1.29 is 0 Å². The fraction of sp³-hybridized carbons (Fsp3) is 0.375. The van der Waals surface area contributed by atoms with E-state index in [2.05, 4.69) is 47.0 Å². The lowest BCUT2D eigenvalue weighted by Gasteiger charge is -2.05. The summed E-state index contributed by atoms with van der Waals surface area (Å²) >= 11 is 0. The van der Waals surface area contributed by atoms with Gasteiger partial charge in [0.2, 0.25) is 0 Å². The molecule has 0 aliphatic carbocycles. The number of fused-ring (bicyclic) bond motifs is 1. The zero-order valence-electron chi connectivity index (χ0n) is 12.8. The predicted octanol–water partition coefficient (Wildman–Crippen LogP) is 2.02. The first-order chi connectivity index (χ1) is 10.2. The molecule has 3 heterocycles. The predicted molar refractivity (Wildman–Crippen MR) is 83.3 cm³/mol. The number of nitrogens with one attached hydrogen (secondary N) is 1. The second-order valence-electron chi connectivity index (χ2n) is 5.43. The van der Waals surface area contributed by atoms with Gasteiger partial charge >= 0.3 is 0 Å². The molecule has 0 aliphatic heterocycles. The zero-order valence-corrected chi connectivity index (χ0v) is 12.8. The lowest BCUT2D eigenvalue weighted by Crippen LogP contribution is -2.18. The normalized spacial score (nSPS) is 11.4. The Labute approximate surface area is 124 Å². The van der Waals surface area contributed by atoms with E-state index in [-0.39, 0.29) is 0 Å². The summed E-state index contributed by atoms with van der Waals surface area (Å²) in [7, 11) is 2.11. The molecule has 5 nitrogen and oxygen atoms in total. The van der Waals surface area contributed by atoms with Crippen molar-refractivity contribution in [2.45, 2.75) is 26.8 Å². The number of aryl methyl sites for hydroxylation is 1. The minimum absolute atomic E-state index is 0.871. The Balaban J connectivity index is 1.58. The fourth-order valence-electron chi connectivity index (χ4n) is 2.60. The molecule has 0 spiro atoms. The van der Waals surface area contributed by atoms with E-state index >= 15 is 0 Å². The van der Waals surface area contributed by atoms with E-state index in [1.54, 1.807) is 0 Å². The van der Waals surface area contributed by atoms with Gasteiger partial charge < -0.3 is 9.88 Å². The van der Waals surface area contributed by atoms with E-state index in [1.165, 1.54) is 17.0 Å². The molecule has 0 bridgehead atoms. The second-order valence-corrected chi connectivity index (χ2v) is 5.43. The molecule has 110 valence electrons. The molecule has 0 amide bonds. The second kappa shape index (κ2) is 5.69. The van der Waals surface area contributed by atoms with Crippen LogP contribution in [0.25, 0.3) is 5.65 Å². The molecule has 0 aromatic carbocycles. The molecular weight excluding hydrogens is 262 g/mol. The highest BCUT2D eigenvalue weighted by molar-refractivity contribution is 5.37. The summed E-state index contributed by atoms with van der Waals surface area (Å²) in [6.45, 7) is 6.09. The van der Waals surface area contributed by atoms with Crippen molar-refractivity contribution in [2.24, 2.45) is 7.05 Å². The van der Waals surface area contributed by atoms with Crippen LogP contribution in [-0.4, -0.2) is 25.7 Å². The van der Waals surface area contributed by atoms with Crippen molar-refractivity contribution in [3.8, 4) is 0 Å². The number of hydrogen-bond acceptors (Lipinski definition) is 3. The van der Waals surface area contributed by atoms with Gasteiger partial charge in [-0.15, -0.1) is 10.2 Å². The van der Waals surface area contributed by atoms with Crippen LogP contribution in [0.1, 0.15) is 22.8 Å². The van der Waals surface area contributed by atoms with Gasteiger partial charge in [0, 0.05) is 44.1 Å². The summed E-state index contributed by atoms with van der Waals surface area (Å²) in [5, 5.41) is 11.9. The maximum atomic E-state index is 4.24. The van der Waals surface area contributed by atoms with Crippen LogP contribution < -0.4 is 5.32 Å². The largest absolute Gasteiger partial charge is 0.352 e. The number of hydrogen-bond donors (Lipinski definition) is 1. The van der Waals surface area contributed by atoms with Gasteiger partial charge in [-0.25, -0.2) is 0 Å². The maximum absolute atomic E-state index is 4.24. The van der Waals surface area contributed by atoms with E-state index in [1.807, 2.05) is 28.8 Å². The average Bonchev–Trinajstić information content (AvgIpc) is 3.01. The van der Waals surface area contributed by atoms with Crippen molar-refractivity contribution in [1.82, 2.24) is 24.5 Å². The van der Waals surface area contributed by atoms with E-state index in [9.17, 15) is 0 Å².